The Labute approximate surface area is 127 Å². The fourth-order valence-electron chi connectivity index (χ4n) is 3.81. The van der Waals surface area contributed by atoms with Crippen molar-refractivity contribution in [3.8, 4) is 0 Å². The van der Waals surface area contributed by atoms with Crippen LogP contribution in [0.15, 0.2) is 24.5 Å². The van der Waals surface area contributed by atoms with Gasteiger partial charge in [-0.15, -0.1) is 12.4 Å². The molecule has 2 aliphatic rings. The molecule has 4 nitrogen and oxygen atoms in total. The molecular weight excluding hydrogens is 296 g/mol. The second kappa shape index (κ2) is 6.00. The first-order chi connectivity index (χ1) is 9.04. The van der Waals surface area contributed by atoms with Crippen LogP contribution >= 0.6 is 12.4 Å². The van der Waals surface area contributed by atoms with E-state index in [1.807, 2.05) is 12.3 Å². The van der Waals surface area contributed by atoms with E-state index in [1.54, 1.807) is 10.5 Å². The SMILES string of the molecule is CS(=O)(=O)N1C2CCC1CC(Cc1cccnc1)C2.Cl. The van der Waals surface area contributed by atoms with Crippen molar-refractivity contribution in [2.24, 2.45) is 5.92 Å². The molecule has 2 aliphatic heterocycles. The van der Waals surface area contributed by atoms with Gasteiger partial charge < -0.3 is 0 Å². The number of pyridine rings is 1. The molecule has 0 aliphatic carbocycles. The van der Waals surface area contributed by atoms with E-state index in [-0.39, 0.29) is 24.5 Å². The average molecular weight is 317 g/mol. The molecule has 3 rings (SSSR count). The van der Waals surface area contributed by atoms with Gasteiger partial charge in [-0.1, -0.05) is 6.07 Å². The molecule has 6 heteroatoms. The van der Waals surface area contributed by atoms with Crippen molar-refractivity contribution < 1.29 is 8.42 Å². The van der Waals surface area contributed by atoms with Gasteiger partial charge >= 0.3 is 0 Å². The van der Waals surface area contributed by atoms with Crippen LogP contribution in [0.2, 0.25) is 0 Å². The molecule has 0 N–H and O–H groups in total. The molecule has 2 atom stereocenters. The average Bonchev–Trinajstić information content (AvgIpc) is 2.64. The number of halogens is 1. The molecule has 2 saturated heterocycles. The fraction of sp³-hybridized carbons (Fsp3) is 0.643. The Hall–Kier alpha value is -0.650. The summed E-state index contributed by atoms with van der Waals surface area (Å²) in [5.74, 6) is 0.597. The summed E-state index contributed by atoms with van der Waals surface area (Å²) >= 11 is 0. The Kier molecular flexibility index (Phi) is 4.72. The molecule has 2 fully saturated rings. The largest absolute Gasteiger partial charge is 0.264 e. The van der Waals surface area contributed by atoms with Crippen LogP contribution in [-0.2, 0) is 16.4 Å². The lowest BCUT2D eigenvalue weighted by Gasteiger charge is -2.37. The van der Waals surface area contributed by atoms with Crippen molar-refractivity contribution in [3.05, 3.63) is 30.1 Å². The Bertz CT molecular complexity index is 536. The third kappa shape index (κ3) is 3.15. The van der Waals surface area contributed by atoms with Gasteiger partial charge in [0.1, 0.15) is 0 Å². The number of rotatable bonds is 3. The topological polar surface area (TPSA) is 50.3 Å². The van der Waals surface area contributed by atoms with E-state index in [0.717, 1.165) is 32.1 Å². The van der Waals surface area contributed by atoms with Crippen LogP contribution < -0.4 is 0 Å². The van der Waals surface area contributed by atoms with Crippen LogP contribution in [0.4, 0.5) is 0 Å². The van der Waals surface area contributed by atoms with Crippen molar-refractivity contribution >= 4 is 22.4 Å². The molecule has 2 bridgehead atoms. The number of piperidine rings is 1. The summed E-state index contributed by atoms with van der Waals surface area (Å²) in [5, 5.41) is 0. The van der Waals surface area contributed by atoms with Gasteiger partial charge in [-0.05, 0) is 49.7 Å². The summed E-state index contributed by atoms with van der Waals surface area (Å²) < 4.78 is 25.4. The van der Waals surface area contributed by atoms with Gasteiger partial charge in [-0.3, -0.25) is 4.98 Å². The highest BCUT2D eigenvalue weighted by Crippen LogP contribution is 2.41. The first-order valence-electron chi connectivity index (χ1n) is 6.91. The van der Waals surface area contributed by atoms with Crippen LogP contribution in [-0.4, -0.2) is 36.0 Å². The zero-order chi connectivity index (χ0) is 13.5. The monoisotopic (exact) mass is 316 g/mol. The van der Waals surface area contributed by atoms with E-state index in [0.29, 0.717) is 5.92 Å². The predicted molar refractivity (Wildman–Crippen MR) is 81.4 cm³/mol. The molecule has 0 spiro atoms. The Balaban J connectivity index is 0.00000147. The maximum Gasteiger partial charge on any atom is 0.211 e. The molecular formula is C14H21ClN2O2S. The standard InChI is InChI=1S/C14H20N2O2S.ClH/c1-19(17,18)16-13-4-5-14(16)9-12(8-13)7-11-3-2-6-15-10-11;/h2-3,6,10,12-14H,4-5,7-9H2,1H3;1H. The molecule has 0 amide bonds. The quantitative estimate of drug-likeness (QED) is 0.859. The van der Waals surface area contributed by atoms with Crippen molar-refractivity contribution in [1.29, 1.82) is 0 Å². The molecule has 1 aromatic rings. The maximum absolute atomic E-state index is 11.8. The summed E-state index contributed by atoms with van der Waals surface area (Å²) in [6.45, 7) is 0. The lowest BCUT2D eigenvalue weighted by Crippen LogP contribution is -2.46. The van der Waals surface area contributed by atoms with Gasteiger partial charge in [0.05, 0.1) is 6.26 Å². The highest BCUT2D eigenvalue weighted by Gasteiger charge is 2.44. The van der Waals surface area contributed by atoms with Gasteiger partial charge in [0.2, 0.25) is 10.0 Å². The van der Waals surface area contributed by atoms with E-state index >= 15 is 0 Å². The highest BCUT2D eigenvalue weighted by molar-refractivity contribution is 7.88. The second-order valence-corrected chi connectivity index (χ2v) is 7.77. The van der Waals surface area contributed by atoms with E-state index in [2.05, 4.69) is 11.1 Å². The summed E-state index contributed by atoms with van der Waals surface area (Å²) in [7, 11) is -3.04. The molecule has 0 radical (unpaired) electrons. The zero-order valence-corrected chi connectivity index (χ0v) is 13.2. The number of nitrogens with zero attached hydrogens (tertiary/aromatic N) is 2. The molecule has 2 unspecified atom stereocenters. The first kappa shape index (κ1) is 15.7. The lowest BCUT2D eigenvalue weighted by atomic mass is 9.87. The van der Waals surface area contributed by atoms with Crippen molar-refractivity contribution in [3.63, 3.8) is 0 Å². The highest BCUT2D eigenvalue weighted by atomic mass is 35.5. The summed E-state index contributed by atoms with van der Waals surface area (Å²) in [6, 6.07) is 4.54. The minimum Gasteiger partial charge on any atom is -0.264 e. The Morgan fingerprint density at radius 3 is 2.45 bits per heavy atom. The summed E-state index contributed by atoms with van der Waals surface area (Å²) in [4.78, 5) is 4.15. The smallest absolute Gasteiger partial charge is 0.211 e. The normalized spacial score (nSPS) is 29.9. The van der Waals surface area contributed by atoms with Crippen LogP contribution in [0, 0.1) is 5.92 Å². The number of sulfonamides is 1. The molecule has 0 saturated carbocycles. The maximum atomic E-state index is 11.8. The minimum absolute atomic E-state index is 0. The Morgan fingerprint density at radius 2 is 1.95 bits per heavy atom. The number of hydrogen-bond donors (Lipinski definition) is 0. The third-order valence-electron chi connectivity index (χ3n) is 4.39. The zero-order valence-electron chi connectivity index (χ0n) is 11.6. The summed E-state index contributed by atoms with van der Waals surface area (Å²) in [5.41, 5.74) is 1.26. The van der Waals surface area contributed by atoms with Crippen LogP contribution in [0.25, 0.3) is 0 Å². The van der Waals surface area contributed by atoms with Crippen LogP contribution in [0.3, 0.4) is 0 Å². The Morgan fingerprint density at radius 1 is 1.30 bits per heavy atom. The van der Waals surface area contributed by atoms with Crippen LogP contribution in [0.1, 0.15) is 31.2 Å². The number of aromatic nitrogens is 1. The van der Waals surface area contributed by atoms with E-state index in [9.17, 15) is 8.42 Å². The fourth-order valence-corrected chi connectivity index (χ4v) is 5.27. The van der Waals surface area contributed by atoms with E-state index in [1.165, 1.54) is 11.8 Å². The molecule has 3 heterocycles. The van der Waals surface area contributed by atoms with Gasteiger partial charge in [-0.25, -0.2) is 8.42 Å². The number of fused-ring (bicyclic) bond motifs is 2. The van der Waals surface area contributed by atoms with Crippen molar-refractivity contribution in [2.45, 2.75) is 44.2 Å². The van der Waals surface area contributed by atoms with Gasteiger partial charge in [0.15, 0.2) is 0 Å². The van der Waals surface area contributed by atoms with Crippen molar-refractivity contribution in [1.82, 2.24) is 9.29 Å². The van der Waals surface area contributed by atoms with Crippen molar-refractivity contribution in [2.75, 3.05) is 6.26 Å². The predicted octanol–water partition coefficient (Wildman–Crippen LogP) is 2.25. The number of hydrogen-bond acceptors (Lipinski definition) is 3. The van der Waals surface area contributed by atoms with Gasteiger partial charge in [0, 0.05) is 24.5 Å². The molecule has 20 heavy (non-hydrogen) atoms. The minimum atomic E-state index is -3.04. The summed E-state index contributed by atoms with van der Waals surface area (Å²) in [6.07, 6.45) is 10.1. The van der Waals surface area contributed by atoms with E-state index in [4.69, 9.17) is 0 Å². The van der Waals surface area contributed by atoms with Gasteiger partial charge in [0.25, 0.3) is 0 Å². The third-order valence-corrected chi connectivity index (χ3v) is 5.76. The van der Waals surface area contributed by atoms with Crippen LogP contribution in [0.5, 0.6) is 0 Å². The molecule has 0 aromatic carbocycles. The second-order valence-electron chi connectivity index (χ2n) is 5.88. The van der Waals surface area contributed by atoms with E-state index < -0.39 is 10.0 Å². The molecule has 112 valence electrons. The van der Waals surface area contributed by atoms with Gasteiger partial charge in [-0.2, -0.15) is 4.31 Å². The first-order valence-corrected chi connectivity index (χ1v) is 8.76. The molecule has 1 aromatic heterocycles. The lowest BCUT2D eigenvalue weighted by molar-refractivity contribution is 0.191.